The molecule has 0 unspecified atom stereocenters. The normalized spacial score (nSPS) is 11.9. The Morgan fingerprint density at radius 1 is 1.12 bits per heavy atom. The van der Waals surface area contributed by atoms with Crippen molar-refractivity contribution in [2.45, 2.75) is 25.9 Å². The predicted molar refractivity (Wildman–Crippen MR) is 101 cm³/mol. The quantitative estimate of drug-likeness (QED) is 0.670. The number of hydrogen-bond donors (Lipinski definition) is 1. The summed E-state index contributed by atoms with van der Waals surface area (Å²) in [6.45, 7) is 1.81. The molecule has 1 N–H and O–H groups in total. The van der Waals surface area contributed by atoms with Crippen molar-refractivity contribution in [2.75, 3.05) is 0 Å². The highest BCUT2D eigenvalue weighted by atomic mass is 79.9. The van der Waals surface area contributed by atoms with Crippen molar-refractivity contribution in [3.05, 3.63) is 75.1 Å². The maximum Gasteiger partial charge on any atom is 0.368 e. The molecule has 8 heteroatoms. The Balaban J connectivity index is 1.71. The first-order chi connectivity index (χ1) is 12.6. The number of carbonyl (C=O) groups is 1. The fraction of sp³-hybridized carbons (Fsp3) is 0.222. The average molecular weight is 416 g/mol. The topological polar surface area (TPSA) is 81.8 Å². The lowest BCUT2D eigenvalue weighted by Crippen LogP contribution is -2.35. The van der Waals surface area contributed by atoms with Crippen molar-refractivity contribution < 1.29 is 4.79 Å². The molecule has 0 aliphatic heterocycles. The number of nitrogens with one attached hydrogen (secondary N) is 1. The summed E-state index contributed by atoms with van der Waals surface area (Å²) in [5.41, 5.74) is 1.15. The second kappa shape index (κ2) is 8.09. The number of benzene rings is 2. The third kappa shape index (κ3) is 4.08. The van der Waals surface area contributed by atoms with E-state index in [2.05, 4.69) is 31.7 Å². The van der Waals surface area contributed by atoms with Gasteiger partial charge in [0.2, 0.25) is 5.91 Å². The van der Waals surface area contributed by atoms with Crippen LogP contribution in [0.4, 0.5) is 0 Å². The number of carbonyl (C=O) groups excluding carboxylic acids is 1. The highest BCUT2D eigenvalue weighted by Gasteiger charge is 2.16. The van der Waals surface area contributed by atoms with E-state index in [-0.39, 0.29) is 18.5 Å². The summed E-state index contributed by atoms with van der Waals surface area (Å²) in [6, 6.07) is 16.6. The van der Waals surface area contributed by atoms with Gasteiger partial charge in [-0.2, -0.15) is 9.36 Å². The SMILES string of the molecule is CC[C@H](NC(=O)Cn1nnn(-c2ccccc2)c1=O)c1ccc(Br)cc1. The molecule has 1 atom stereocenters. The van der Waals surface area contributed by atoms with Gasteiger partial charge >= 0.3 is 5.69 Å². The molecule has 3 aromatic rings. The molecule has 1 amide bonds. The molecule has 0 aliphatic rings. The lowest BCUT2D eigenvalue weighted by molar-refractivity contribution is -0.122. The molecule has 26 heavy (non-hydrogen) atoms. The summed E-state index contributed by atoms with van der Waals surface area (Å²) in [5, 5.41) is 10.6. The molecular weight excluding hydrogens is 398 g/mol. The highest BCUT2D eigenvalue weighted by Crippen LogP contribution is 2.19. The van der Waals surface area contributed by atoms with Crippen molar-refractivity contribution >= 4 is 21.8 Å². The van der Waals surface area contributed by atoms with Crippen LogP contribution in [-0.4, -0.2) is 25.7 Å². The van der Waals surface area contributed by atoms with Crippen molar-refractivity contribution in [1.82, 2.24) is 25.1 Å². The smallest absolute Gasteiger partial charge is 0.348 e. The van der Waals surface area contributed by atoms with E-state index in [9.17, 15) is 9.59 Å². The Morgan fingerprint density at radius 2 is 1.81 bits per heavy atom. The molecule has 3 rings (SSSR count). The summed E-state index contributed by atoms with van der Waals surface area (Å²) in [4.78, 5) is 24.7. The van der Waals surface area contributed by atoms with Crippen LogP contribution in [0.3, 0.4) is 0 Å². The molecule has 0 fully saturated rings. The van der Waals surface area contributed by atoms with Crippen LogP contribution in [0, 0.1) is 0 Å². The monoisotopic (exact) mass is 415 g/mol. The summed E-state index contributed by atoms with van der Waals surface area (Å²) in [7, 11) is 0. The fourth-order valence-electron chi connectivity index (χ4n) is 2.60. The Labute approximate surface area is 158 Å². The lowest BCUT2D eigenvalue weighted by atomic mass is 10.0. The Morgan fingerprint density at radius 3 is 2.46 bits per heavy atom. The molecule has 1 aromatic heterocycles. The van der Waals surface area contributed by atoms with Gasteiger partial charge in [0.15, 0.2) is 0 Å². The fourth-order valence-corrected chi connectivity index (χ4v) is 2.86. The number of aromatic nitrogens is 4. The van der Waals surface area contributed by atoms with Crippen LogP contribution in [0.25, 0.3) is 5.69 Å². The molecule has 134 valence electrons. The molecule has 2 aromatic carbocycles. The molecule has 0 spiro atoms. The van der Waals surface area contributed by atoms with E-state index >= 15 is 0 Å². The summed E-state index contributed by atoms with van der Waals surface area (Å²) < 4.78 is 3.20. The van der Waals surface area contributed by atoms with E-state index in [1.807, 2.05) is 37.3 Å². The number of hydrogen-bond acceptors (Lipinski definition) is 4. The third-order valence-electron chi connectivity index (χ3n) is 3.95. The van der Waals surface area contributed by atoms with Crippen molar-refractivity contribution in [2.24, 2.45) is 0 Å². The maximum atomic E-state index is 12.4. The highest BCUT2D eigenvalue weighted by molar-refractivity contribution is 9.10. The van der Waals surface area contributed by atoms with E-state index in [1.165, 1.54) is 4.68 Å². The van der Waals surface area contributed by atoms with E-state index in [0.29, 0.717) is 5.69 Å². The van der Waals surface area contributed by atoms with Gasteiger partial charge in [-0.15, -0.1) is 0 Å². The van der Waals surface area contributed by atoms with Gasteiger partial charge in [-0.25, -0.2) is 4.79 Å². The maximum absolute atomic E-state index is 12.4. The largest absolute Gasteiger partial charge is 0.368 e. The third-order valence-corrected chi connectivity index (χ3v) is 4.48. The van der Waals surface area contributed by atoms with Crippen LogP contribution in [0.1, 0.15) is 24.9 Å². The van der Waals surface area contributed by atoms with Gasteiger partial charge in [-0.3, -0.25) is 4.79 Å². The van der Waals surface area contributed by atoms with Crippen LogP contribution >= 0.6 is 15.9 Å². The van der Waals surface area contributed by atoms with Crippen LogP contribution in [-0.2, 0) is 11.3 Å². The first kappa shape index (κ1) is 18.1. The molecule has 0 saturated carbocycles. The molecule has 1 heterocycles. The van der Waals surface area contributed by atoms with E-state index in [0.717, 1.165) is 21.1 Å². The van der Waals surface area contributed by atoms with Crippen molar-refractivity contribution in [3.63, 3.8) is 0 Å². The zero-order valence-corrected chi connectivity index (χ0v) is 15.8. The number of rotatable bonds is 6. The molecule has 0 radical (unpaired) electrons. The molecule has 0 saturated heterocycles. The predicted octanol–water partition coefficient (Wildman–Crippen LogP) is 2.46. The number of amides is 1. The summed E-state index contributed by atoms with van der Waals surface area (Å²) in [6.07, 6.45) is 0.735. The second-order valence-electron chi connectivity index (χ2n) is 5.75. The number of tetrazole rings is 1. The van der Waals surface area contributed by atoms with Gasteiger partial charge in [-0.05, 0) is 46.7 Å². The van der Waals surface area contributed by atoms with Gasteiger partial charge in [0.25, 0.3) is 0 Å². The van der Waals surface area contributed by atoms with Crippen LogP contribution in [0.15, 0.2) is 63.9 Å². The van der Waals surface area contributed by atoms with Gasteiger partial charge in [0.1, 0.15) is 6.54 Å². The van der Waals surface area contributed by atoms with E-state index in [4.69, 9.17) is 0 Å². The van der Waals surface area contributed by atoms with E-state index in [1.54, 1.807) is 24.3 Å². The first-order valence-corrected chi connectivity index (χ1v) is 9.01. The summed E-state index contributed by atoms with van der Waals surface area (Å²) >= 11 is 3.40. The minimum absolute atomic E-state index is 0.129. The van der Waals surface area contributed by atoms with Gasteiger partial charge in [-0.1, -0.05) is 53.2 Å². The summed E-state index contributed by atoms with van der Waals surface area (Å²) in [5.74, 6) is -0.290. The van der Waals surface area contributed by atoms with Crippen LogP contribution in [0.5, 0.6) is 0 Å². The van der Waals surface area contributed by atoms with Crippen LogP contribution in [0.2, 0.25) is 0 Å². The molecular formula is C18H18BrN5O2. The molecule has 0 aliphatic carbocycles. The minimum Gasteiger partial charge on any atom is -0.348 e. The van der Waals surface area contributed by atoms with Gasteiger partial charge < -0.3 is 5.32 Å². The standard InChI is InChI=1S/C18H18BrN5O2/c1-2-16(13-8-10-14(19)11-9-13)20-17(25)12-23-18(26)24(22-21-23)15-6-4-3-5-7-15/h3-11,16H,2,12H2,1H3,(H,20,25)/t16-/m0/s1. The van der Waals surface area contributed by atoms with Crippen LogP contribution < -0.4 is 11.0 Å². The van der Waals surface area contributed by atoms with Crippen molar-refractivity contribution in [1.29, 1.82) is 0 Å². The average Bonchev–Trinajstić information content (AvgIpc) is 3.01. The van der Waals surface area contributed by atoms with Gasteiger partial charge in [0, 0.05) is 4.47 Å². The second-order valence-corrected chi connectivity index (χ2v) is 6.66. The molecule has 7 nitrogen and oxygen atoms in total. The zero-order valence-electron chi connectivity index (χ0n) is 14.2. The number of nitrogens with zero attached hydrogens (tertiary/aromatic N) is 4. The minimum atomic E-state index is -0.456. The Kier molecular flexibility index (Phi) is 5.62. The first-order valence-electron chi connectivity index (χ1n) is 8.21. The number of para-hydroxylation sites is 1. The number of halogens is 1. The van der Waals surface area contributed by atoms with Gasteiger partial charge in [0.05, 0.1) is 11.7 Å². The Bertz CT molecular complexity index is 934. The Hall–Kier alpha value is -2.74. The zero-order chi connectivity index (χ0) is 18.5. The lowest BCUT2D eigenvalue weighted by Gasteiger charge is -2.17. The molecule has 0 bridgehead atoms. The van der Waals surface area contributed by atoms with E-state index < -0.39 is 5.69 Å². The van der Waals surface area contributed by atoms with Crippen molar-refractivity contribution in [3.8, 4) is 5.69 Å².